The second-order valence-electron chi connectivity index (χ2n) is 3.30. The Labute approximate surface area is 97.7 Å². The van der Waals surface area contributed by atoms with Crippen LogP contribution < -0.4 is 4.74 Å². The summed E-state index contributed by atoms with van der Waals surface area (Å²) in [6.45, 7) is 0. The Hall–Kier alpha value is -2.43. The van der Waals surface area contributed by atoms with E-state index in [0.717, 1.165) is 0 Å². The zero-order chi connectivity index (χ0) is 12.3. The van der Waals surface area contributed by atoms with E-state index in [2.05, 4.69) is 9.97 Å². The highest BCUT2D eigenvalue weighted by Crippen LogP contribution is 2.33. The maximum Gasteiger partial charge on any atom is 0.163 e. The predicted octanol–water partition coefficient (Wildman–Crippen LogP) is 1.67. The fourth-order valence-corrected chi connectivity index (χ4v) is 1.45. The molecule has 0 saturated heterocycles. The van der Waals surface area contributed by atoms with Crippen molar-refractivity contribution in [3.63, 3.8) is 0 Å². The molecule has 0 bridgehead atoms. The summed E-state index contributed by atoms with van der Waals surface area (Å²) in [4.78, 5) is 18.9. The molecular formula is C12H10N2O3. The van der Waals surface area contributed by atoms with Gasteiger partial charge in [0.2, 0.25) is 0 Å². The number of phenolic OH excluding ortho intramolecular Hbond substituents is 1. The van der Waals surface area contributed by atoms with Crippen molar-refractivity contribution in [3.8, 4) is 22.9 Å². The number of carbonyl (C=O) groups excluding carboxylic acids is 1. The third-order valence-electron chi connectivity index (χ3n) is 2.28. The third kappa shape index (κ3) is 2.08. The van der Waals surface area contributed by atoms with E-state index in [1.807, 2.05) is 0 Å². The minimum absolute atomic E-state index is 0.145. The standard InChI is InChI=1S/C12H10N2O3/c1-17-9-5-8(7-15)11(16)10(6-9)12-13-3-2-4-14-12/h2-7,16H,1H3. The molecule has 0 radical (unpaired) electrons. The highest BCUT2D eigenvalue weighted by Gasteiger charge is 2.13. The number of ether oxygens (including phenoxy) is 1. The number of hydrogen-bond donors (Lipinski definition) is 1. The van der Waals surface area contributed by atoms with Crippen LogP contribution in [-0.4, -0.2) is 28.5 Å². The lowest BCUT2D eigenvalue weighted by atomic mass is 10.1. The van der Waals surface area contributed by atoms with Crippen molar-refractivity contribution in [2.75, 3.05) is 7.11 Å². The molecule has 1 N–H and O–H groups in total. The lowest BCUT2D eigenvalue weighted by Gasteiger charge is -2.08. The summed E-state index contributed by atoms with van der Waals surface area (Å²) in [7, 11) is 1.48. The monoisotopic (exact) mass is 230 g/mol. The summed E-state index contributed by atoms with van der Waals surface area (Å²) < 4.78 is 5.05. The SMILES string of the molecule is COc1cc(C=O)c(O)c(-c2ncccn2)c1. The number of carbonyl (C=O) groups is 1. The molecule has 0 aliphatic carbocycles. The van der Waals surface area contributed by atoms with Crippen molar-refractivity contribution >= 4 is 6.29 Å². The van der Waals surface area contributed by atoms with Gasteiger partial charge in [-0.1, -0.05) is 0 Å². The highest BCUT2D eigenvalue weighted by molar-refractivity contribution is 5.85. The average Bonchev–Trinajstić information content (AvgIpc) is 2.40. The third-order valence-corrected chi connectivity index (χ3v) is 2.28. The number of nitrogens with zero attached hydrogens (tertiary/aromatic N) is 2. The minimum Gasteiger partial charge on any atom is -0.506 e. The lowest BCUT2D eigenvalue weighted by Crippen LogP contribution is -1.93. The summed E-state index contributed by atoms with van der Waals surface area (Å²) in [5, 5.41) is 9.90. The molecule has 5 nitrogen and oxygen atoms in total. The van der Waals surface area contributed by atoms with Gasteiger partial charge in [0.05, 0.1) is 18.2 Å². The van der Waals surface area contributed by atoms with Gasteiger partial charge >= 0.3 is 0 Å². The van der Waals surface area contributed by atoms with E-state index in [1.165, 1.54) is 13.2 Å². The van der Waals surface area contributed by atoms with Gasteiger partial charge in [-0.2, -0.15) is 0 Å². The number of methoxy groups -OCH3 is 1. The fourth-order valence-electron chi connectivity index (χ4n) is 1.45. The van der Waals surface area contributed by atoms with Crippen molar-refractivity contribution in [2.45, 2.75) is 0 Å². The van der Waals surface area contributed by atoms with Gasteiger partial charge in [-0.3, -0.25) is 4.79 Å². The van der Waals surface area contributed by atoms with E-state index in [9.17, 15) is 9.90 Å². The first kappa shape index (κ1) is 11.1. The molecule has 2 rings (SSSR count). The Bertz CT molecular complexity index is 541. The van der Waals surface area contributed by atoms with Crippen LogP contribution >= 0.6 is 0 Å². The highest BCUT2D eigenvalue weighted by atomic mass is 16.5. The number of hydrogen-bond acceptors (Lipinski definition) is 5. The van der Waals surface area contributed by atoms with Gasteiger partial charge in [-0.05, 0) is 18.2 Å². The zero-order valence-corrected chi connectivity index (χ0v) is 9.12. The molecule has 1 aromatic heterocycles. The number of aldehydes is 1. The molecule has 0 amide bonds. The van der Waals surface area contributed by atoms with Gasteiger partial charge in [0.25, 0.3) is 0 Å². The largest absolute Gasteiger partial charge is 0.506 e. The van der Waals surface area contributed by atoms with Crippen LogP contribution in [0.3, 0.4) is 0 Å². The van der Waals surface area contributed by atoms with Gasteiger partial charge in [0.1, 0.15) is 11.5 Å². The molecule has 0 aliphatic rings. The molecule has 0 atom stereocenters. The van der Waals surface area contributed by atoms with Crippen LogP contribution in [0.5, 0.6) is 11.5 Å². The van der Waals surface area contributed by atoms with Crippen LogP contribution in [0.25, 0.3) is 11.4 Å². The molecule has 5 heteroatoms. The Kier molecular flexibility index (Phi) is 3.00. The molecule has 0 fully saturated rings. The Morgan fingerprint density at radius 3 is 2.59 bits per heavy atom. The van der Waals surface area contributed by atoms with Crippen LogP contribution in [0.15, 0.2) is 30.6 Å². The summed E-state index contributed by atoms with van der Waals surface area (Å²) in [5.74, 6) is 0.659. The fraction of sp³-hybridized carbons (Fsp3) is 0.0833. The van der Waals surface area contributed by atoms with E-state index in [1.54, 1.807) is 24.5 Å². The first-order valence-electron chi connectivity index (χ1n) is 4.90. The molecule has 86 valence electrons. The van der Waals surface area contributed by atoms with Gasteiger partial charge in [0.15, 0.2) is 12.1 Å². The van der Waals surface area contributed by atoms with Crippen molar-refractivity contribution in [3.05, 3.63) is 36.2 Å². The molecule has 0 unspecified atom stereocenters. The topological polar surface area (TPSA) is 72.3 Å². The minimum atomic E-state index is -0.146. The normalized spacial score (nSPS) is 9.94. The number of rotatable bonds is 3. The molecule has 2 aromatic rings. The molecule has 0 spiro atoms. The first-order chi connectivity index (χ1) is 8.26. The molecule has 17 heavy (non-hydrogen) atoms. The van der Waals surface area contributed by atoms with Crippen LogP contribution in [0.2, 0.25) is 0 Å². The van der Waals surface area contributed by atoms with E-state index in [4.69, 9.17) is 4.74 Å². The molecule has 0 aliphatic heterocycles. The average molecular weight is 230 g/mol. The second kappa shape index (κ2) is 4.61. The van der Waals surface area contributed by atoms with E-state index >= 15 is 0 Å². The van der Waals surface area contributed by atoms with Gasteiger partial charge < -0.3 is 9.84 Å². The van der Waals surface area contributed by atoms with Crippen LogP contribution in [0.4, 0.5) is 0 Å². The summed E-state index contributed by atoms with van der Waals surface area (Å²) in [6.07, 6.45) is 3.67. The second-order valence-corrected chi connectivity index (χ2v) is 3.30. The van der Waals surface area contributed by atoms with E-state index < -0.39 is 0 Å². The van der Waals surface area contributed by atoms with Crippen LogP contribution in [0, 0.1) is 0 Å². The lowest BCUT2D eigenvalue weighted by molar-refractivity contribution is 0.112. The van der Waals surface area contributed by atoms with E-state index in [0.29, 0.717) is 23.4 Å². The number of aromatic hydroxyl groups is 1. The van der Waals surface area contributed by atoms with Crippen molar-refractivity contribution in [1.82, 2.24) is 9.97 Å². The van der Waals surface area contributed by atoms with Crippen molar-refractivity contribution < 1.29 is 14.6 Å². The Balaban J connectivity index is 2.64. The molecule has 1 heterocycles. The van der Waals surface area contributed by atoms with Gasteiger partial charge in [0, 0.05) is 12.4 Å². The Morgan fingerprint density at radius 2 is 2.00 bits per heavy atom. The first-order valence-corrected chi connectivity index (χ1v) is 4.90. The molecule has 1 aromatic carbocycles. The predicted molar refractivity (Wildman–Crippen MR) is 61.1 cm³/mol. The molecular weight excluding hydrogens is 220 g/mol. The summed E-state index contributed by atoms with van der Waals surface area (Å²) in [5.41, 5.74) is 0.513. The maximum atomic E-state index is 10.8. The number of benzene rings is 1. The quantitative estimate of drug-likeness (QED) is 0.812. The van der Waals surface area contributed by atoms with Crippen LogP contribution in [-0.2, 0) is 0 Å². The molecule has 0 saturated carbocycles. The zero-order valence-electron chi connectivity index (χ0n) is 9.12. The summed E-state index contributed by atoms with van der Waals surface area (Å²) in [6, 6.07) is 4.70. The van der Waals surface area contributed by atoms with Crippen molar-refractivity contribution in [2.24, 2.45) is 0 Å². The maximum absolute atomic E-state index is 10.8. The number of phenols is 1. The van der Waals surface area contributed by atoms with Crippen molar-refractivity contribution in [1.29, 1.82) is 0 Å². The smallest absolute Gasteiger partial charge is 0.163 e. The van der Waals surface area contributed by atoms with E-state index in [-0.39, 0.29) is 11.3 Å². The number of aromatic nitrogens is 2. The van der Waals surface area contributed by atoms with Gasteiger partial charge in [-0.15, -0.1) is 0 Å². The van der Waals surface area contributed by atoms with Gasteiger partial charge in [-0.25, -0.2) is 9.97 Å². The summed E-state index contributed by atoms with van der Waals surface area (Å²) >= 11 is 0. The Morgan fingerprint density at radius 1 is 1.29 bits per heavy atom. The van der Waals surface area contributed by atoms with Crippen LogP contribution in [0.1, 0.15) is 10.4 Å².